The molecule has 0 saturated heterocycles. The van der Waals surface area contributed by atoms with Crippen LogP contribution in [0.4, 0.5) is 0 Å². The molecule has 1 unspecified atom stereocenters. The van der Waals surface area contributed by atoms with E-state index in [4.69, 9.17) is 0 Å². The largest absolute Gasteiger partial charge is 0.339 e. The minimum absolute atomic E-state index is 0.237. The lowest BCUT2D eigenvalue weighted by Crippen LogP contribution is -2.30. The van der Waals surface area contributed by atoms with Gasteiger partial charge in [-0.3, -0.25) is 4.79 Å². The van der Waals surface area contributed by atoms with Gasteiger partial charge < -0.3 is 4.90 Å². The van der Waals surface area contributed by atoms with Crippen molar-refractivity contribution in [3.63, 3.8) is 0 Å². The molecule has 0 aromatic heterocycles. The maximum atomic E-state index is 12.4. The maximum absolute atomic E-state index is 12.4. The molecule has 21 heavy (non-hydrogen) atoms. The Hall–Kier alpha value is -2.09. The molecule has 0 spiro atoms. The summed E-state index contributed by atoms with van der Waals surface area (Å²) in [6.07, 6.45) is 3.53. The summed E-state index contributed by atoms with van der Waals surface area (Å²) in [4.78, 5) is 14.4. The molecule has 0 fully saturated rings. The predicted molar refractivity (Wildman–Crippen MR) is 85.0 cm³/mol. The molecule has 1 aliphatic carbocycles. The van der Waals surface area contributed by atoms with Gasteiger partial charge in [-0.2, -0.15) is 0 Å². The first kappa shape index (κ1) is 13.9. The zero-order valence-electron chi connectivity index (χ0n) is 12.5. The lowest BCUT2D eigenvalue weighted by Gasteiger charge is -2.25. The van der Waals surface area contributed by atoms with Crippen LogP contribution in [0.15, 0.2) is 54.6 Å². The van der Waals surface area contributed by atoms with Crippen molar-refractivity contribution >= 4 is 5.91 Å². The first-order valence-corrected chi connectivity index (χ1v) is 7.63. The average molecular weight is 279 g/mol. The minimum Gasteiger partial charge on any atom is -0.339 e. The molecule has 2 aromatic rings. The molecule has 3 rings (SSSR count). The van der Waals surface area contributed by atoms with Crippen molar-refractivity contribution in [3.05, 3.63) is 71.3 Å². The van der Waals surface area contributed by atoms with Gasteiger partial charge in [0.15, 0.2) is 0 Å². The summed E-state index contributed by atoms with van der Waals surface area (Å²) in [5.41, 5.74) is 3.95. The zero-order chi connectivity index (χ0) is 14.7. The Kier molecular flexibility index (Phi) is 4.05. The summed E-state index contributed by atoms with van der Waals surface area (Å²) in [7, 11) is 1.94. The van der Waals surface area contributed by atoms with E-state index in [1.165, 1.54) is 16.7 Å². The number of amides is 1. The third kappa shape index (κ3) is 2.99. The Labute approximate surface area is 126 Å². The summed E-state index contributed by atoms with van der Waals surface area (Å²) in [5, 5.41) is 0. The maximum Gasteiger partial charge on any atom is 0.223 e. The molecule has 0 heterocycles. The van der Waals surface area contributed by atoms with Gasteiger partial charge in [0, 0.05) is 13.5 Å². The van der Waals surface area contributed by atoms with Gasteiger partial charge in [0.05, 0.1) is 6.04 Å². The summed E-state index contributed by atoms with van der Waals surface area (Å²) in [5.74, 6) is 0.237. The molecule has 2 nitrogen and oxygen atoms in total. The molecule has 1 aliphatic rings. The van der Waals surface area contributed by atoms with E-state index in [0.717, 1.165) is 19.3 Å². The minimum atomic E-state index is 0.237. The lowest BCUT2D eigenvalue weighted by molar-refractivity contribution is -0.132. The Balaban J connectivity index is 1.63. The van der Waals surface area contributed by atoms with Crippen LogP contribution in [0.2, 0.25) is 0 Å². The quantitative estimate of drug-likeness (QED) is 0.834. The van der Waals surface area contributed by atoms with Crippen molar-refractivity contribution < 1.29 is 4.79 Å². The Morgan fingerprint density at radius 3 is 2.62 bits per heavy atom. The molecular formula is C19H21NO. The van der Waals surface area contributed by atoms with E-state index in [2.05, 4.69) is 36.4 Å². The van der Waals surface area contributed by atoms with Crippen LogP contribution in [0.3, 0.4) is 0 Å². The number of fused-ring (bicyclic) bond motifs is 1. The monoisotopic (exact) mass is 279 g/mol. The normalized spacial score (nSPS) is 16.5. The van der Waals surface area contributed by atoms with Crippen LogP contribution in [0, 0.1) is 0 Å². The van der Waals surface area contributed by atoms with Crippen molar-refractivity contribution in [2.45, 2.75) is 31.7 Å². The number of benzene rings is 2. The highest BCUT2D eigenvalue weighted by molar-refractivity contribution is 5.77. The second-order valence-corrected chi connectivity index (χ2v) is 5.74. The van der Waals surface area contributed by atoms with Crippen molar-refractivity contribution in [2.75, 3.05) is 7.05 Å². The number of nitrogens with zero attached hydrogens (tertiary/aromatic N) is 1. The topological polar surface area (TPSA) is 20.3 Å². The van der Waals surface area contributed by atoms with Crippen LogP contribution in [0.5, 0.6) is 0 Å². The molecule has 0 saturated carbocycles. The summed E-state index contributed by atoms with van der Waals surface area (Å²) in [6, 6.07) is 19.0. The fraction of sp³-hybridized carbons (Fsp3) is 0.316. The number of aryl methyl sites for hydroxylation is 2. The van der Waals surface area contributed by atoms with Gasteiger partial charge in [-0.1, -0.05) is 54.6 Å². The van der Waals surface area contributed by atoms with Gasteiger partial charge in [0.2, 0.25) is 5.91 Å². The van der Waals surface area contributed by atoms with Crippen molar-refractivity contribution in [1.29, 1.82) is 0 Å². The third-order valence-corrected chi connectivity index (χ3v) is 4.43. The Morgan fingerprint density at radius 2 is 1.81 bits per heavy atom. The van der Waals surface area contributed by atoms with E-state index in [9.17, 15) is 4.79 Å². The number of rotatable bonds is 4. The SMILES string of the molecule is CN(C(=O)CCc1ccccc1)C1CCc2ccccc21. The Bertz CT molecular complexity index is 620. The van der Waals surface area contributed by atoms with E-state index in [1.807, 2.05) is 30.1 Å². The van der Waals surface area contributed by atoms with Crippen LogP contribution in [-0.4, -0.2) is 17.9 Å². The van der Waals surface area contributed by atoms with Crippen molar-refractivity contribution in [1.82, 2.24) is 4.90 Å². The third-order valence-electron chi connectivity index (χ3n) is 4.43. The predicted octanol–water partition coefficient (Wildman–Crippen LogP) is 3.77. The number of carbonyl (C=O) groups is 1. The van der Waals surface area contributed by atoms with Crippen molar-refractivity contribution in [2.24, 2.45) is 0 Å². The van der Waals surface area contributed by atoms with E-state index >= 15 is 0 Å². The highest BCUT2D eigenvalue weighted by Gasteiger charge is 2.27. The second-order valence-electron chi connectivity index (χ2n) is 5.74. The molecule has 1 atom stereocenters. The second kappa shape index (κ2) is 6.13. The summed E-state index contributed by atoms with van der Waals surface area (Å²) >= 11 is 0. The fourth-order valence-electron chi connectivity index (χ4n) is 3.18. The summed E-state index contributed by atoms with van der Waals surface area (Å²) < 4.78 is 0. The van der Waals surface area contributed by atoms with E-state index in [0.29, 0.717) is 6.42 Å². The molecule has 2 aromatic carbocycles. The van der Waals surface area contributed by atoms with Gasteiger partial charge in [-0.05, 0) is 36.0 Å². The van der Waals surface area contributed by atoms with Crippen LogP contribution in [-0.2, 0) is 17.6 Å². The van der Waals surface area contributed by atoms with Gasteiger partial charge >= 0.3 is 0 Å². The van der Waals surface area contributed by atoms with Crippen molar-refractivity contribution in [3.8, 4) is 0 Å². The van der Waals surface area contributed by atoms with E-state index in [-0.39, 0.29) is 11.9 Å². The molecule has 0 radical (unpaired) electrons. The molecule has 0 aliphatic heterocycles. The zero-order valence-corrected chi connectivity index (χ0v) is 12.5. The van der Waals surface area contributed by atoms with Gasteiger partial charge in [0.25, 0.3) is 0 Å². The van der Waals surface area contributed by atoms with E-state index < -0.39 is 0 Å². The number of hydrogen-bond donors (Lipinski definition) is 0. The first-order valence-electron chi connectivity index (χ1n) is 7.63. The molecule has 0 bridgehead atoms. The van der Waals surface area contributed by atoms with Gasteiger partial charge in [-0.15, -0.1) is 0 Å². The highest BCUT2D eigenvalue weighted by atomic mass is 16.2. The van der Waals surface area contributed by atoms with Gasteiger partial charge in [-0.25, -0.2) is 0 Å². The van der Waals surface area contributed by atoms with E-state index in [1.54, 1.807) is 0 Å². The smallest absolute Gasteiger partial charge is 0.223 e. The molecule has 1 amide bonds. The number of hydrogen-bond acceptors (Lipinski definition) is 1. The van der Waals surface area contributed by atoms with Crippen LogP contribution < -0.4 is 0 Å². The molecule has 0 N–H and O–H groups in total. The molecule has 108 valence electrons. The average Bonchev–Trinajstić information content (AvgIpc) is 2.97. The van der Waals surface area contributed by atoms with Crippen LogP contribution >= 0.6 is 0 Å². The van der Waals surface area contributed by atoms with Gasteiger partial charge in [0.1, 0.15) is 0 Å². The Morgan fingerprint density at radius 1 is 1.10 bits per heavy atom. The fourth-order valence-corrected chi connectivity index (χ4v) is 3.18. The molecular weight excluding hydrogens is 258 g/mol. The number of carbonyl (C=O) groups excluding carboxylic acids is 1. The lowest BCUT2D eigenvalue weighted by atomic mass is 10.1. The highest BCUT2D eigenvalue weighted by Crippen LogP contribution is 2.35. The van der Waals surface area contributed by atoms with Crippen LogP contribution in [0.25, 0.3) is 0 Å². The molecule has 2 heteroatoms. The summed E-state index contributed by atoms with van der Waals surface area (Å²) in [6.45, 7) is 0. The van der Waals surface area contributed by atoms with Crippen LogP contribution in [0.1, 0.15) is 35.6 Å². The standard InChI is InChI=1S/C19H21NO/c1-20(18-13-12-16-9-5-6-10-17(16)18)19(21)14-11-15-7-3-2-4-8-15/h2-10,18H,11-14H2,1H3. The first-order chi connectivity index (χ1) is 10.3.